The van der Waals surface area contributed by atoms with Gasteiger partial charge in [-0.15, -0.1) is 0 Å². The van der Waals surface area contributed by atoms with Crippen molar-refractivity contribution in [1.29, 1.82) is 0 Å². The average molecular weight is 180 g/mol. The first-order valence-electron chi connectivity index (χ1n) is 4.76. The third-order valence-corrected chi connectivity index (χ3v) is 2.50. The van der Waals surface area contributed by atoms with Gasteiger partial charge in [0, 0.05) is 0 Å². The van der Waals surface area contributed by atoms with Crippen LogP contribution in [0.1, 0.15) is 13.3 Å². The molecule has 1 aliphatic carbocycles. The maximum atomic E-state index is 2.33. The summed E-state index contributed by atoms with van der Waals surface area (Å²) >= 11 is 0. The molecule has 2 nitrogen and oxygen atoms in total. The van der Waals surface area contributed by atoms with E-state index in [1.165, 1.54) is 0 Å². The van der Waals surface area contributed by atoms with Crippen LogP contribution in [0.15, 0.2) is 24.3 Å². The maximum absolute atomic E-state index is 2.33. The molecule has 0 spiro atoms. The Hall–Kier alpha value is -0.600. The molecule has 0 amide bonds. The molecular formula is C11H20N2. The Kier molecular flexibility index (Phi) is 3.28. The minimum absolute atomic E-state index is 0.0997. The van der Waals surface area contributed by atoms with Gasteiger partial charge in [0.05, 0.1) is 12.2 Å². The summed E-state index contributed by atoms with van der Waals surface area (Å²) < 4.78 is 0. The lowest BCUT2D eigenvalue weighted by molar-refractivity contribution is 0.147. The van der Waals surface area contributed by atoms with Crippen LogP contribution < -0.4 is 0 Å². The zero-order chi connectivity index (χ0) is 9.90. The van der Waals surface area contributed by atoms with Gasteiger partial charge in [-0.25, -0.2) is 0 Å². The fraction of sp³-hybridized carbons (Fsp3) is 0.636. The zero-order valence-electron chi connectivity index (χ0n) is 9.12. The molecule has 1 rings (SSSR count). The van der Waals surface area contributed by atoms with E-state index in [1.807, 2.05) is 0 Å². The molecule has 0 aromatic carbocycles. The number of nitrogens with zero attached hydrogens (tertiary/aromatic N) is 2. The van der Waals surface area contributed by atoms with Crippen molar-refractivity contribution >= 4 is 0 Å². The molecule has 0 unspecified atom stereocenters. The van der Waals surface area contributed by atoms with Crippen LogP contribution in [0, 0.1) is 0 Å². The summed E-state index contributed by atoms with van der Waals surface area (Å²) in [6.07, 6.45) is 10.1. The quantitative estimate of drug-likeness (QED) is 0.482. The van der Waals surface area contributed by atoms with Gasteiger partial charge in [-0.05, 0) is 34.5 Å². The van der Waals surface area contributed by atoms with Crippen molar-refractivity contribution in [3.63, 3.8) is 0 Å². The largest absolute Gasteiger partial charge is 0.297 e. The minimum atomic E-state index is 0.0997. The van der Waals surface area contributed by atoms with Crippen LogP contribution in [0.4, 0.5) is 0 Å². The van der Waals surface area contributed by atoms with Crippen LogP contribution in [0.2, 0.25) is 0 Å². The SMILES string of the molecule is CN(C)CN(C)C1(C)C=CCC=C1. The Labute approximate surface area is 81.5 Å². The molecule has 13 heavy (non-hydrogen) atoms. The maximum Gasteiger partial charge on any atom is 0.0555 e. The monoisotopic (exact) mass is 180 g/mol. The van der Waals surface area contributed by atoms with Gasteiger partial charge in [-0.3, -0.25) is 9.80 Å². The van der Waals surface area contributed by atoms with Gasteiger partial charge in [0.15, 0.2) is 0 Å². The first kappa shape index (κ1) is 10.5. The zero-order valence-corrected chi connectivity index (χ0v) is 9.12. The van der Waals surface area contributed by atoms with E-state index in [-0.39, 0.29) is 5.54 Å². The predicted octanol–water partition coefficient (Wildman–Crippen LogP) is 1.71. The number of hydrogen-bond acceptors (Lipinski definition) is 2. The third-order valence-electron chi connectivity index (χ3n) is 2.50. The van der Waals surface area contributed by atoms with Crippen molar-refractivity contribution < 1.29 is 0 Å². The summed E-state index contributed by atoms with van der Waals surface area (Å²) in [4.78, 5) is 4.51. The Morgan fingerprint density at radius 3 is 2.15 bits per heavy atom. The van der Waals surface area contributed by atoms with Gasteiger partial charge in [-0.1, -0.05) is 24.3 Å². The van der Waals surface area contributed by atoms with Crippen molar-refractivity contribution in [2.24, 2.45) is 0 Å². The van der Waals surface area contributed by atoms with Gasteiger partial charge in [0.2, 0.25) is 0 Å². The Morgan fingerprint density at radius 1 is 1.15 bits per heavy atom. The van der Waals surface area contributed by atoms with Crippen LogP contribution in [-0.4, -0.2) is 43.2 Å². The molecule has 0 atom stereocenters. The van der Waals surface area contributed by atoms with E-state index in [0.29, 0.717) is 0 Å². The molecule has 0 aliphatic heterocycles. The second-order valence-corrected chi connectivity index (χ2v) is 4.19. The molecular weight excluding hydrogens is 160 g/mol. The fourth-order valence-electron chi connectivity index (χ4n) is 1.58. The predicted molar refractivity (Wildman–Crippen MR) is 57.6 cm³/mol. The van der Waals surface area contributed by atoms with Crippen molar-refractivity contribution in [3.8, 4) is 0 Å². The van der Waals surface area contributed by atoms with E-state index >= 15 is 0 Å². The second kappa shape index (κ2) is 4.07. The number of likely N-dealkylation sites (N-methyl/N-ethyl adjacent to an activating group) is 1. The molecule has 0 aromatic heterocycles. The molecule has 0 saturated carbocycles. The molecule has 2 heteroatoms. The van der Waals surface area contributed by atoms with Gasteiger partial charge < -0.3 is 0 Å². The highest BCUT2D eigenvalue weighted by molar-refractivity contribution is 5.21. The van der Waals surface area contributed by atoms with Crippen molar-refractivity contribution in [2.45, 2.75) is 18.9 Å². The molecule has 0 heterocycles. The highest BCUT2D eigenvalue weighted by atomic mass is 15.3. The van der Waals surface area contributed by atoms with Gasteiger partial charge in [-0.2, -0.15) is 0 Å². The van der Waals surface area contributed by atoms with Crippen LogP contribution in [0.5, 0.6) is 0 Å². The third kappa shape index (κ3) is 2.68. The van der Waals surface area contributed by atoms with E-state index in [9.17, 15) is 0 Å². The van der Waals surface area contributed by atoms with Crippen molar-refractivity contribution in [3.05, 3.63) is 24.3 Å². The fourth-order valence-corrected chi connectivity index (χ4v) is 1.58. The summed E-state index contributed by atoms with van der Waals surface area (Å²) in [6, 6.07) is 0. The molecule has 1 aliphatic rings. The Morgan fingerprint density at radius 2 is 1.69 bits per heavy atom. The van der Waals surface area contributed by atoms with Crippen LogP contribution in [-0.2, 0) is 0 Å². The van der Waals surface area contributed by atoms with Gasteiger partial charge in [0.25, 0.3) is 0 Å². The van der Waals surface area contributed by atoms with Crippen molar-refractivity contribution in [2.75, 3.05) is 27.8 Å². The highest BCUT2D eigenvalue weighted by Gasteiger charge is 2.24. The lowest BCUT2D eigenvalue weighted by Gasteiger charge is -2.36. The molecule has 0 aromatic rings. The molecule has 0 bridgehead atoms. The smallest absolute Gasteiger partial charge is 0.0555 e. The first-order chi connectivity index (χ1) is 6.04. The summed E-state index contributed by atoms with van der Waals surface area (Å²) in [6.45, 7) is 3.22. The number of allylic oxidation sites excluding steroid dienone is 2. The number of rotatable bonds is 3. The second-order valence-electron chi connectivity index (χ2n) is 4.19. The lowest BCUT2D eigenvalue weighted by atomic mass is 9.95. The average Bonchev–Trinajstić information content (AvgIpc) is 2.04. The van der Waals surface area contributed by atoms with Crippen LogP contribution in [0.25, 0.3) is 0 Å². The molecule has 0 N–H and O–H groups in total. The summed E-state index contributed by atoms with van der Waals surface area (Å²) in [5, 5.41) is 0. The lowest BCUT2D eigenvalue weighted by Crippen LogP contribution is -2.45. The Bertz CT molecular complexity index is 204. The summed E-state index contributed by atoms with van der Waals surface area (Å²) in [5.74, 6) is 0. The first-order valence-corrected chi connectivity index (χ1v) is 4.76. The van der Waals surface area contributed by atoms with E-state index in [0.717, 1.165) is 13.1 Å². The van der Waals surface area contributed by atoms with Gasteiger partial charge >= 0.3 is 0 Å². The molecule has 0 saturated heterocycles. The topological polar surface area (TPSA) is 6.48 Å². The molecule has 0 fully saturated rings. The van der Waals surface area contributed by atoms with E-state index in [1.54, 1.807) is 0 Å². The van der Waals surface area contributed by atoms with Crippen molar-refractivity contribution in [1.82, 2.24) is 9.80 Å². The van der Waals surface area contributed by atoms with Crippen LogP contribution in [0.3, 0.4) is 0 Å². The normalized spacial score (nSPS) is 20.2. The number of hydrogen-bond donors (Lipinski definition) is 0. The minimum Gasteiger partial charge on any atom is -0.297 e. The standard InChI is InChI=1S/C11H20N2/c1-11(8-6-5-7-9-11)13(4)10-12(2)3/h6-9H,5,10H2,1-4H3. The van der Waals surface area contributed by atoms with E-state index in [2.05, 4.69) is 62.2 Å². The molecule has 74 valence electrons. The van der Waals surface area contributed by atoms with E-state index in [4.69, 9.17) is 0 Å². The van der Waals surface area contributed by atoms with Crippen LogP contribution >= 0.6 is 0 Å². The highest BCUT2D eigenvalue weighted by Crippen LogP contribution is 2.20. The Balaban J connectivity index is 2.62. The molecule has 0 radical (unpaired) electrons. The van der Waals surface area contributed by atoms with Gasteiger partial charge in [0.1, 0.15) is 0 Å². The van der Waals surface area contributed by atoms with E-state index < -0.39 is 0 Å². The summed E-state index contributed by atoms with van der Waals surface area (Å²) in [7, 11) is 6.34. The summed E-state index contributed by atoms with van der Waals surface area (Å²) in [5.41, 5.74) is 0.0997.